The molecule has 0 radical (unpaired) electrons. The maximum absolute atomic E-state index is 12.5. The number of aliphatic imine (C=N–C) groups is 1. The molecule has 2 aromatic rings. The van der Waals surface area contributed by atoms with E-state index < -0.39 is 0 Å². The zero-order chi connectivity index (χ0) is 21.1. The Bertz CT molecular complexity index is 962. The molecule has 6 nitrogen and oxygen atoms in total. The van der Waals surface area contributed by atoms with E-state index in [-0.39, 0.29) is 17.9 Å². The van der Waals surface area contributed by atoms with Crippen molar-refractivity contribution in [3.8, 4) is 11.5 Å². The Morgan fingerprint density at radius 1 is 1.30 bits per heavy atom. The van der Waals surface area contributed by atoms with Gasteiger partial charge in [-0.05, 0) is 43.7 Å². The number of nitrogens with zero attached hydrogens (tertiary/aromatic N) is 2. The number of esters is 1. The summed E-state index contributed by atoms with van der Waals surface area (Å²) in [5.41, 5.74) is 1.62. The first-order valence-electron chi connectivity index (χ1n) is 10.4. The highest BCUT2D eigenvalue weighted by Gasteiger charge is 2.34. The third-order valence-corrected chi connectivity index (χ3v) is 5.75. The lowest BCUT2D eigenvalue weighted by Crippen LogP contribution is -2.56. The first-order valence-corrected chi connectivity index (χ1v) is 10.8. The zero-order valence-corrected chi connectivity index (χ0v) is 18.0. The van der Waals surface area contributed by atoms with Crippen molar-refractivity contribution in [3.05, 3.63) is 53.1 Å². The number of hydrogen-bond donors (Lipinski definition) is 1. The summed E-state index contributed by atoms with van der Waals surface area (Å²) in [6.45, 7) is 6.43. The van der Waals surface area contributed by atoms with Gasteiger partial charge in [-0.1, -0.05) is 30.7 Å². The number of fused-ring (bicyclic) bond motifs is 2. The van der Waals surface area contributed by atoms with Crippen LogP contribution in [0, 0.1) is 5.92 Å². The van der Waals surface area contributed by atoms with Gasteiger partial charge in [0.1, 0.15) is 17.3 Å². The Kier molecular flexibility index (Phi) is 6.25. The van der Waals surface area contributed by atoms with E-state index >= 15 is 0 Å². The van der Waals surface area contributed by atoms with Crippen molar-refractivity contribution in [1.82, 2.24) is 10.2 Å². The van der Waals surface area contributed by atoms with Crippen LogP contribution in [0.5, 0.6) is 11.5 Å². The van der Waals surface area contributed by atoms with E-state index in [1.807, 2.05) is 50.2 Å². The van der Waals surface area contributed by atoms with E-state index in [0.29, 0.717) is 29.6 Å². The molecule has 1 N–H and O–H groups in total. The standard InChI is InChI=1S/C23H26ClN3O3/c1-3-16(23(28)29-4-2)19-14-27(12-11-25-19)22-17-7-5-6-8-20(17)30-21-10-9-15(24)13-18(21)26-22/h5-10,13,16,19,25H,3-4,11-12,14H2,1-2H3/t16-,19+/m1/s1. The van der Waals surface area contributed by atoms with Gasteiger partial charge >= 0.3 is 5.97 Å². The number of piperazine rings is 1. The van der Waals surface area contributed by atoms with Crippen molar-refractivity contribution in [2.45, 2.75) is 26.3 Å². The molecule has 0 aliphatic carbocycles. The normalized spacial score (nSPS) is 19.0. The topological polar surface area (TPSA) is 63.2 Å². The van der Waals surface area contributed by atoms with Crippen LogP contribution in [0.4, 0.5) is 5.69 Å². The molecule has 158 valence electrons. The van der Waals surface area contributed by atoms with Gasteiger partial charge in [0.05, 0.1) is 18.1 Å². The zero-order valence-electron chi connectivity index (χ0n) is 17.2. The lowest BCUT2D eigenvalue weighted by atomic mass is 9.94. The first-order chi connectivity index (χ1) is 14.6. The Hall–Kier alpha value is -2.57. The number of para-hydroxylation sites is 1. The largest absolute Gasteiger partial charge is 0.466 e. The average molecular weight is 428 g/mol. The summed E-state index contributed by atoms with van der Waals surface area (Å²) in [4.78, 5) is 19.6. The van der Waals surface area contributed by atoms with E-state index in [9.17, 15) is 4.79 Å². The van der Waals surface area contributed by atoms with Crippen molar-refractivity contribution in [2.24, 2.45) is 10.9 Å². The SMILES string of the molecule is CCOC(=O)[C@H](CC)[C@@H]1CN(C2=Nc3cc(Cl)ccc3Oc3ccccc32)CCN1. The molecular weight excluding hydrogens is 402 g/mol. The molecule has 1 fully saturated rings. The number of benzene rings is 2. The minimum absolute atomic E-state index is 0.0133. The van der Waals surface area contributed by atoms with E-state index in [0.717, 1.165) is 36.7 Å². The second kappa shape index (κ2) is 9.06. The minimum atomic E-state index is -0.202. The van der Waals surface area contributed by atoms with Gasteiger partial charge in [0.15, 0.2) is 5.75 Å². The lowest BCUT2D eigenvalue weighted by Gasteiger charge is -2.38. The second-order valence-electron chi connectivity index (χ2n) is 7.42. The van der Waals surface area contributed by atoms with Gasteiger partial charge in [0.2, 0.25) is 0 Å². The molecular formula is C23H26ClN3O3. The van der Waals surface area contributed by atoms with Crippen LogP contribution < -0.4 is 10.1 Å². The van der Waals surface area contributed by atoms with Crippen LogP contribution in [0.3, 0.4) is 0 Å². The van der Waals surface area contributed by atoms with Crippen molar-refractivity contribution >= 4 is 29.1 Å². The Labute approximate surface area is 181 Å². The minimum Gasteiger partial charge on any atom is -0.466 e. The fourth-order valence-corrected chi connectivity index (χ4v) is 4.21. The molecule has 0 bridgehead atoms. The van der Waals surface area contributed by atoms with E-state index in [1.54, 1.807) is 6.07 Å². The molecule has 4 rings (SSSR count). The van der Waals surface area contributed by atoms with Crippen molar-refractivity contribution in [2.75, 3.05) is 26.2 Å². The van der Waals surface area contributed by atoms with Crippen LogP contribution in [0.15, 0.2) is 47.5 Å². The average Bonchev–Trinajstić information content (AvgIpc) is 2.91. The van der Waals surface area contributed by atoms with Crippen LogP contribution in [0.25, 0.3) is 0 Å². The van der Waals surface area contributed by atoms with Crippen molar-refractivity contribution in [1.29, 1.82) is 0 Å². The van der Waals surface area contributed by atoms with Crippen molar-refractivity contribution in [3.63, 3.8) is 0 Å². The predicted molar refractivity (Wildman–Crippen MR) is 118 cm³/mol. The molecule has 0 unspecified atom stereocenters. The van der Waals surface area contributed by atoms with Gasteiger partial charge in [-0.3, -0.25) is 4.79 Å². The Morgan fingerprint density at radius 2 is 2.13 bits per heavy atom. The van der Waals surface area contributed by atoms with Gasteiger partial charge in [-0.2, -0.15) is 0 Å². The molecule has 0 aromatic heterocycles. The number of carbonyl (C=O) groups is 1. The van der Waals surface area contributed by atoms with Gasteiger partial charge in [0, 0.05) is 30.7 Å². The third kappa shape index (κ3) is 4.16. The fraction of sp³-hybridized carbons (Fsp3) is 0.391. The summed E-state index contributed by atoms with van der Waals surface area (Å²) in [7, 11) is 0. The Balaban J connectivity index is 1.69. The summed E-state index contributed by atoms with van der Waals surface area (Å²) in [6, 6.07) is 13.3. The van der Waals surface area contributed by atoms with Gasteiger partial charge < -0.3 is 19.7 Å². The van der Waals surface area contributed by atoms with Crippen LogP contribution in [0.1, 0.15) is 25.8 Å². The number of rotatable bonds is 4. The highest BCUT2D eigenvalue weighted by molar-refractivity contribution is 6.31. The number of amidine groups is 1. The van der Waals surface area contributed by atoms with Crippen LogP contribution in [-0.4, -0.2) is 49.0 Å². The molecule has 1 saturated heterocycles. The maximum atomic E-state index is 12.5. The lowest BCUT2D eigenvalue weighted by molar-refractivity contribution is -0.149. The van der Waals surface area contributed by atoms with Crippen LogP contribution in [0.2, 0.25) is 5.02 Å². The fourth-order valence-electron chi connectivity index (χ4n) is 4.04. The molecule has 7 heteroatoms. The number of nitrogens with one attached hydrogen (secondary N) is 1. The highest BCUT2D eigenvalue weighted by atomic mass is 35.5. The van der Waals surface area contributed by atoms with E-state index in [4.69, 9.17) is 26.1 Å². The molecule has 2 heterocycles. The van der Waals surface area contributed by atoms with E-state index in [2.05, 4.69) is 10.2 Å². The summed E-state index contributed by atoms with van der Waals surface area (Å²) in [5, 5.41) is 4.11. The van der Waals surface area contributed by atoms with Crippen LogP contribution in [-0.2, 0) is 9.53 Å². The molecule has 2 aromatic carbocycles. The molecule has 0 saturated carbocycles. The third-order valence-electron chi connectivity index (χ3n) is 5.51. The molecule has 2 aliphatic rings. The summed E-state index contributed by atoms with van der Waals surface area (Å²) >= 11 is 6.22. The summed E-state index contributed by atoms with van der Waals surface area (Å²) in [6.07, 6.45) is 0.717. The number of ether oxygens (including phenoxy) is 2. The molecule has 30 heavy (non-hydrogen) atoms. The molecule has 2 aliphatic heterocycles. The molecule has 2 atom stereocenters. The van der Waals surface area contributed by atoms with Crippen molar-refractivity contribution < 1.29 is 14.3 Å². The first kappa shape index (κ1) is 20.7. The number of carbonyl (C=O) groups excluding carboxylic acids is 1. The van der Waals surface area contributed by atoms with E-state index in [1.165, 1.54) is 0 Å². The Morgan fingerprint density at radius 3 is 2.93 bits per heavy atom. The maximum Gasteiger partial charge on any atom is 0.310 e. The molecule has 0 spiro atoms. The number of halogens is 1. The smallest absolute Gasteiger partial charge is 0.310 e. The quantitative estimate of drug-likeness (QED) is 0.733. The summed E-state index contributed by atoms with van der Waals surface area (Å²) < 4.78 is 11.5. The monoisotopic (exact) mass is 427 g/mol. The van der Waals surface area contributed by atoms with Gasteiger partial charge in [-0.25, -0.2) is 4.99 Å². The molecule has 0 amide bonds. The highest BCUT2D eigenvalue weighted by Crippen LogP contribution is 2.39. The summed E-state index contributed by atoms with van der Waals surface area (Å²) in [5.74, 6) is 1.91. The van der Waals surface area contributed by atoms with Crippen LogP contribution >= 0.6 is 11.6 Å². The van der Waals surface area contributed by atoms with Gasteiger partial charge in [-0.15, -0.1) is 0 Å². The van der Waals surface area contributed by atoms with Gasteiger partial charge in [0.25, 0.3) is 0 Å². The number of hydrogen-bond acceptors (Lipinski definition) is 6. The predicted octanol–water partition coefficient (Wildman–Crippen LogP) is 4.39. The second-order valence-corrected chi connectivity index (χ2v) is 7.86.